The normalized spacial score (nSPS) is 27.0. The highest BCUT2D eigenvalue weighted by Crippen LogP contribution is 2.41. The fourth-order valence-corrected chi connectivity index (χ4v) is 2.91. The molecule has 3 rings (SSSR count). The van der Waals surface area contributed by atoms with Gasteiger partial charge in [0.1, 0.15) is 6.10 Å². The molecule has 24 heavy (non-hydrogen) atoms. The molecule has 130 valence electrons. The largest absolute Gasteiger partial charge is 0.481 e. The molecule has 1 saturated heterocycles. The van der Waals surface area contributed by atoms with Crippen LogP contribution in [0.5, 0.6) is 0 Å². The molecular formula is C16H16F3NO4. The van der Waals surface area contributed by atoms with Crippen LogP contribution in [0.25, 0.3) is 0 Å². The maximum Gasteiger partial charge on any atom is 0.416 e. The molecule has 1 saturated carbocycles. The Hall–Kier alpha value is -2.09. The fourth-order valence-electron chi connectivity index (χ4n) is 2.91. The molecule has 0 spiro atoms. The maximum absolute atomic E-state index is 12.6. The summed E-state index contributed by atoms with van der Waals surface area (Å²) in [6.07, 6.45) is -4.56. The van der Waals surface area contributed by atoms with E-state index in [0.29, 0.717) is 18.5 Å². The lowest BCUT2D eigenvalue weighted by Gasteiger charge is -2.33. The number of carbonyl (C=O) groups excluding carboxylic acids is 1. The first-order chi connectivity index (χ1) is 11.3. The number of amides is 1. The molecule has 1 aliphatic heterocycles. The quantitative estimate of drug-likeness (QED) is 0.915. The van der Waals surface area contributed by atoms with Crippen molar-refractivity contribution in [1.29, 1.82) is 0 Å². The van der Waals surface area contributed by atoms with Gasteiger partial charge in [-0.15, -0.1) is 0 Å². The van der Waals surface area contributed by atoms with E-state index in [4.69, 9.17) is 9.84 Å². The SMILES string of the molecule is O=C(O)C1CC1C(=O)N1CCOC(c2ccc(C(F)(F)F)cc2)C1. The van der Waals surface area contributed by atoms with E-state index in [2.05, 4.69) is 0 Å². The molecule has 1 aliphatic carbocycles. The Kier molecular flexibility index (Phi) is 4.25. The fraction of sp³-hybridized carbons (Fsp3) is 0.500. The van der Waals surface area contributed by atoms with Crippen molar-refractivity contribution in [2.24, 2.45) is 11.8 Å². The van der Waals surface area contributed by atoms with Gasteiger partial charge in [-0.05, 0) is 24.1 Å². The topological polar surface area (TPSA) is 66.8 Å². The first kappa shape index (κ1) is 16.8. The Labute approximate surface area is 136 Å². The number of carbonyl (C=O) groups is 2. The average Bonchev–Trinajstić information content (AvgIpc) is 3.34. The lowest BCUT2D eigenvalue weighted by atomic mass is 10.0. The van der Waals surface area contributed by atoms with Gasteiger partial charge in [-0.25, -0.2) is 0 Å². The van der Waals surface area contributed by atoms with Gasteiger partial charge in [0.25, 0.3) is 0 Å². The molecule has 2 aliphatic rings. The molecule has 1 N–H and O–H groups in total. The number of hydrogen-bond acceptors (Lipinski definition) is 3. The van der Waals surface area contributed by atoms with Gasteiger partial charge in [0.15, 0.2) is 0 Å². The Bertz CT molecular complexity index is 644. The molecule has 1 heterocycles. The van der Waals surface area contributed by atoms with Gasteiger partial charge >= 0.3 is 12.1 Å². The van der Waals surface area contributed by atoms with E-state index < -0.39 is 35.6 Å². The molecule has 0 aromatic heterocycles. The number of rotatable bonds is 3. The van der Waals surface area contributed by atoms with Crippen LogP contribution in [0.3, 0.4) is 0 Å². The second kappa shape index (κ2) is 6.08. The molecule has 8 heteroatoms. The first-order valence-electron chi connectivity index (χ1n) is 7.57. The van der Waals surface area contributed by atoms with Crippen LogP contribution in [0.1, 0.15) is 23.7 Å². The van der Waals surface area contributed by atoms with Crippen LogP contribution >= 0.6 is 0 Å². The van der Waals surface area contributed by atoms with E-state index in [1.165, 1.54) is 12.1 Å². The highest BCUT2D eigenvalue weighted by molar-refractivity contribution is 5.89. The van der Waals surface area contributed by atoms with Gasteiger partial charge in [0, 0.05) is 6.54 Å². The van der Waals surface area contributed by atoms with Gasteiger partial charge in [-0.1, -0.05) is 12.1 Å². The number of nitrogens with zero attached hydrogens (tertiary/aromatic N) is 1. The van der Waals surface area contributed by atoms with Crippen molar-refractivity contribution in [3.63, 3.8) is 0 Å². The van der Waals surface area contributed by atoms with Crippen molar-refractivity contribution in [2.45, 2.75) is 18.7 Å². The highest BCUT2D eigenvalue weighted by Gasteiger charge is 2.50. The van der Waals surface area contributed by atoms with E-state index in [-0.39, 0.29) is 19.1 Å². The van der Waals surface area contributed by atoms with Gasteiger partial charge in [0.05, 0.1) is 30.6 Å². The number of hydrogen-bond donors (Lipinski definition) is 1. The second-order valence-electron chi connectivity index (χ2n) is 6.05. The molecule has 1 aromatic carbocycles. The summed E-state index contributed by atoms with van der Waals surface area (Å²) < 4.78 is 43.3. The Morgan fingerprint density at radius 1 is 1.17 bits per heavy atom. The number of aliphatic carboxylic acids is 1. The van der Waals surface area contributed by atoms with Crippen LogP contribution in [-0.2, 0) is 20.5 Å². The predicted octanol–water partition coefficient (Wildman–Crippen LogP) is 2.33. The summed E-state index contributed by atoms with van der Waals surface area (Å²) in [7, 11) is 0. The first-order valence-corrected chi connectivity index (χ1v) is 7.57. The maximum atomic E-state index is 12.6. The third kappa shape index (κ3) is 3.38. The third-order valence-corrected chi connectivity index (χ3v) is 4.41. The number of alkyl halides is 3. The number of ether oxygens (including phenoxy) is 1. The molecular weight excluding hydrogens is 327 g/mol. The number of benzene rings is 1. The smallest absolute Gasteiger partial charge is 0.416 e. The lowest BCUT2D eigenvalue weighted by Crippen LogP contribution is -2.43. The highest BCUT2D eigenvalue weighted by atomic mass is 19.4. The summed E-state index contributed by atoms with van der Waals surface area (Å²) >= 11 is 0. The molecule has 0 radical (unpaired) electrons. The molecule has 1 aromatic rings. The van der Waals surface area contributed by atoms with Gasteiger partial charge in [-0.3, -0.25) is 9.59 Å². The minimum Gasteiger partial charge on any atom is -0.481 e. The second-order valence-corrected chi connectivity index (χ2v) is 6.05. The predicted molar refractivity (Wildman–Crippen MR) is 75.9 cm³/mol. The van der Waals surface area contributed by atoms with E-state index in [1.54, 1.807) is 4.90 Å². The van der Waals surface area contributed by atoms with Crippen LogP contribution in [0.15, 0.2) is 24.3 Å². The van der Waals surface area contributed by atoms with Crippen molar-refractivity contribution in [1.82, 2.24) is 4.90 Å². The summed E-state index contributed by atoms with van der Waals surface area (Å²) in [6, 6.07) is 4.67. The molecule has 5 nitrogen and oxygen atoms in total. The molecule has 2 fully saturated rings. The lowest BCUT2D eigenvalue weighted by molar-refractivity contribution is -0.145. The summed E-state index contributed by atoms with van der Waals surface area (Å²) in [5, 5.41) is 8.91. The molecule has 0 bridgehead atoms. The molecule has 1 amide bonds. The Morgan fingerprint density at radius 2 is 1.83 bits per heavy atom. The van der Waals surface area contributed by atoms with Gasteiger partial charge in [0.2, 0.25) is 5.91 Å². The van der Waals surface area contributed by atoms with E-state index in [1.807, 2.05) is 0 Å². The van der Waals surface area contributed by atoms with Crippen LogP contribution in [0.2, 0.25) is 0 Å². The third-order valence-electron chi connectivity index (χ3n) is 4.41. The van der Waals surface area contributed by atoms with Gasteiger partial charge in [-0.2, -0.15) is 13.2 Å². The summed E-state index contributed by atoms with van der Waals surface area (Å²) in [5.74, 6) is -2.30. The molecule has 3 atom stereocenters. The average molecular weight is 343 g/mol. The summed E-state index contributed by atoms with van der Waals surface area (Å²) in [4.78, 5) is 24.7. The number of halogens is 3. The van der Waals surface area contributed by atoms with E-state index in [9.17, 15) is 22.8 Å². The number of carboxylic acid groups (broad SMARTS) is 1. The molecule has 3 unspecified atom stereocenters. The standard InChI is InChI=1S/C16H16F3NO4/c17-16(18,19)10-3-1-9(2-4-10)13-8-20(5-6-24-13)14(21)11-7-12(11)15(22)23/h1-4,11-13H,5-8H2,(H,22,23). The minimum absolute atomic E-state index is 0.215. The van der Waals surface area contributed by atoms with Crippen LogP contribution < -0.4 is 0 Å². The summed E-state index contributed by atoms with van der Waals surface area (Å²) in [5.41, 5.74) is -0.177. The van der Waals surface area contributed by atoms with Crippen molar-refractivity contribution < 1.29 is 32.6 Å². The van der Waals surface area contributed by atoms with Crippen molar-refractivity contribution in [3.05, 3.63) is 35.4 Å². The monoisotopic (exact) mass is 343 g/mol. The van der Waals surface area contributed by atoms with Crippen LogP contribution in [0, 0.1) is 11.8 Å². The van der Waals surface area contributed by atoms with Crippen molar-refractivity contribution in [2.75, 3.05) is 19.7 Å². The minimum atomic E-state index is -4.40. The van der Waals surface area contributed by atoms with E-state index in [0.717, 1.165) is 12.1 Å². The van der Waals surface area contributed by atoms with Gasteiger partial charge < -0.3 is 14.7 Å². The van der Waals surface area contributed by atoms with E-state index >= 15 is 0 Å². The number of carboxylic acids is 1. The number of morpholine rings is 1. The van der Waals surface area contributed by atoms with Crippen LogP contribution in [0.4, 0.5) is 13.2 Å². The summed E-state index contributed by atoms with van der Waals surface area (Å²) in [6.45, 7) is 0.841. The zero-order valence-corrected chi connectivity index (χ0v) is 12.6. The Balaban J connectivity index is 1.65. The Morgan fingerprint density at radius 3 is 2.38 bits per heavy atom. The zero-order valence-electron chi connectivity index (χ0n) is 12.6. The van der Waals surface area contributed by atoms with Crippen molar-refractivity contribution >= 4 is 11.9 Å². The zero-order chi connectivity index (χ0) is 17.5. The van der Waals surface area contributed by atoms with Crippen molar-refractivity contribution in [3.8, 4) is 0 Å². The van der Waals surface area contributed by atoms with Crippen LogP contribution in [-0.4, -0.2) is 41.6 Å².